The van der Waals surface area contributed by atoms with Crippen LogP contribution in [0.5, 0.6) is 0 Å². The van der Waals surface area contributed by atoms with Crippen LogP contribution in [-0.4, -0.2) is 17.9 Å². The minimum atomic E-state index is -0.434. The van der Waals surface area contributed by atoms with Gasteiger partial charge in [-0.1, -0.05) is 11.6 Å². The number of nitrogens with zero attached hydrogens (tertiary/aromatic N) is 1. The van der Waals surface area contributed by atoms with Crippen molar-refractivity contribution in [1.82, 2.24) is 0 Å². The fourth-order valence-electron chi connectivity index (χ4n) is 2.14. The van der Waals surface area contributed by atoms with Crippen LogP contribution in [0.2, 0.25) is 5.02 Å². The molecule has 1 fully saturated rings. The van der Waals surface area contributed by atoms with Gasteiger partial charge in [0.2, 0.25) is 0 Å². The number of halogens is 2. The zero-order valence-corrected chi connectivity index (χ0v) is 10.7. The van der Waals surface area contributed by atoms with Gasteiger partial charge < -0.3 is 4.90 Å². The summed E-state index contributed by atoms with van der Waals surface area (Å²) in [5.74, 6) is -0.221. The van der Waals surface area contributed by atoms with Crippen molar-refractivity contribution in [1.29, 1.82) is 0 Å². The van der Waals surface area contributed by atoms with Crippen LogP contribution in [0.15, 0.2) is 18.2 Å². The van der Waals surface area contributed by atoms with Gasteiger partial charge in [0, 0.05) is 17.6 Å². The van der Waals surface area contributed by atoms with Gasteiger partial charge in [-0.3, -0.25) is 4.79 Å². The number of ketones is 1. The molecule has 2 nitrogen and oxygen atoms in total. The molecule has 1 aromatic carbocycles. The summed E-state index contributed by atoms with van der Waals surface area (Å²) in [6.07, 6.45) is 1.42. The second kappa shape index (κ2) is 4.30. The molecule has 0 aromatic heterocycles. The molecule has 4 heteroatoms. The monoisotopic (exact) mass is 255 g/mol. The number of carbonyl (C=O) groups is 1. The summed E-state index contributed by atoms with van der Waals surface area (Å²) in [6, 6.07) is 4.59. The predicted octanol–water partition coefficient (Wildman–Crippen LogP) is 3.43. The number of rotatable bonds is 1. The normalized spacial score (nSPS) is 19.5. The molecule has 17 heavy (non-hydrogen) atoms. The summed E-state index contributed by atoms with van der Waals surface area (Å²) in [5.41, 5.74) is 0.698. The van der Waals surface area contributed by atoms with Crippen LogP contribution in [0, 0.1) is 5.82 Å². The fourth-order valence-corrected chi connectivity index (χ4v) is 2.32. The molecule has 1 aromatic rings. The van der Waals surface area contributed by atoms with E-state index in [1.54, 1.807) is 12.1 Å². The van der Waals surface area contributed by atoms with Gasteiger partial charge in [0.15, 0.2) is 5.78 Å². The van der Waals surface area contributed by atoms with Gasteiger partial charge in [0.25, 0.3) is 0 Å². The largest absolute Gasteiger partial charge is 0.359 e. The summed E-state index contributed by atoms with van der Waals surface area (Å²) < 4.78 is 13.1. The summed E-state index contributed by atoms with van der Waals surface area (Å²) >= 11 is 5.78. The summed E-state index contributed by atoms with van der Waals surface area (Å²) in [4.78, 5) is 13.5. The van der Waals surface area contributed by atoms with Gasteiger partial charge >= 0.3 is 0 Å². The Kier molecular flexibility index (Phi) is 3.13. The number of carbonyl (C=O) groups excluding carboxylic acids is 1. The lowest BCUT2D eigenvalue weighted by atomic mass is 9.89. The van der Waals surface area contributed by atoms with Gasteiger partial charge in [0.1, 0.15) is 5.82 Å². The highest BCUT2D eigenvalue weighted by atomic mass is 35.5. The Morgan fingerprint density at radius 1 is 1.41 bits per heavy atom. The van der Waals surface area contributed by atoms with E-state index in [1.807, 2.05) is 4.90 Å². The average Bonchev–Trinajstić information content (AvgIpc) is 2.26. The molecule has 0 saturated carbocycles. The second-order valence-electron chi connectivity index (χ2n) is 5.04. The van der Waals surface area contributed by atoms with E-state index in [4.69, 9.17) is 11.6 Å². The number of benzene rings is 1. The molecule has 0 N–H and O–H groups in total. The Balaban J connectivity index is 2.36. The van der Waals surface area contributed by atoms with Crippen LogP contribution < -0.4 is 4.90 Å². The molecule has 1 saturated heterocycles. The first-order valence-corrected chi connectivity index (χ1v) is 6.02. The smallest absolute Gasteiger partial charge is 0.152 e. The van der Waals surface area contributed by atoms with Gasteiger partial charge in [0.05, 0.1) is 11.6 Å². The van der Waals surface area contributed by atoms with Crippen molar-refractivity contribution < 1.29 is 9.18 Å². The van der Waals surface area contributed by atoms with Gasteiger partial charge in [-0.15, -0.1) is 0 Å². The van der Waals surface area contributed by atoms with E-state index in [9.17, 15) is 9.18 Å². The first-order chi connectivity index (χ1) is 7.90. The molecule has 2 rings (SSSR count). The van der Waals surface area contributed by atoms with Gasteiger partial charge in [-0.05, 0) is 38.5 Å². The van der Waals surface area contributed by atoms with E-state index in [1.165, 1.54) is 6.07 Å². The van der Waals surface area contributed by atoms with E-state index < -0.39 is 5.82 Å². The highest BCUT2D eigenvalue weighted by molar-refractivity contribution is 6.31. The molecular formula is C13H15ClFNO. The molecule has 0 aliphatic carbocycles. The molecular weight excluding hydrogens is 241 g/mol. The predicted molar refractivity (Wildman–Crippen MR) is 67.1 cm³/mol. The number of piperidine rings is 1. The molecule has 0 amide bonds. The third-order valence-electron chi connectivity index (χ3n) is 3.30. The minimum absolute atomic E-state index is 0.0938. The molecule has 0 radical (unpaired) electrons. The number of Topliss-reactive ketones (excluding diaryl/α,β-unsaturated/α-hetero) is 1. The zero-order valence-electron chi connectivity index (χ0n) is 9.96. The Morgan fingerprint density at radius 3 is 2.76 bits per heavy atom. The van der Waals surface area contributed by atoms with E-state index in [-0.39, 0.29) is 16.3 Å². The topological polar surface area (TPSA) is 20.3 Å². The van der Waals surface area contributed by atoms with Crippen molar-refractivity contribution in [2.75, 3.05) is 11.4 Å². The molecule has 92 valence electrons. The summed E-state index contributed by atoms with van der Waals surface area (Å²) in [5, 5.41) is 0.0938. The third kappa shape index (κ3) is 2.44. The van der Waals surface area contributed by atoms with Crippen molar-refractivity contribution >= 4 is 23.1 Å². The fraction of sp³-hybridized carbons (Fsp3) is 0.462. The van der Waals surface area contributed by atoms with Crippen molar-refractivity contribution in [2.24, 2.45) is 0 Å². The second-order valence-corrected chi connectivity index (χ2v) is 5.44. The summed E-state index contributed by atoms with van der Waals surface area (Å²) in [7, 11) is 0. The Bertz CT molecular complexity index is 459. The molecule has 0 atom stereocenters. The van der Waals surface area contributed by atoms with Crippen molar-refractivity contribution in [2.45, 2.75) is 32.2 Å². The van der Waals surface area contributed by atoms with Crippen LogP contribution >= 0.6 is 11.6 Å². The van der Waals surface area contributed by atoms with Crippen LogP contribution in [0.4, 0.5) is 10.1 Å². The Labute approximate surface area is 105 Å². The average molecular weight is 256 g/mol. The number of hydrogen-bond acceptors (Lipinski definition) is 2. The maximum absolute atomic E-state index is 13.1. The first-order valence-electron chi connectivity index (χ1n) is 5.64. The number of anilines is 1. The lowest BCUT2D eigenvalue weighted by molar-refractivity contribution is -0.119. The number of hydrogen-bond donors (Lipinski definition) is 0. The minimum Gasteiger partial charge on any atom is -0.359 e. The van der Waals surface area contributed by atoms with Crippen molar-refractivity contribution in [3.05, 3.63) is 29.0 Å². The van der Waals surface area contributed by atoms with E-state index in [2.05, 4.69) is 13.8 Å². The van der Waals surface area contributed by atoms with Crippen molar-refractivity contribution in [3.8, 4) is 0 Å². The van der Waals surface area contributed by atoms with Crippen LogP contribution in [0.1, 0.15) is 26.7 Å². The van der Waals surface area contributed by atoms with Crippen LogP contribution in [0.25, 0.3) is 0 Å². The van der Waals surface area contributed by atoms with Crippen molar-refractivity contribution in [3.63, 3.8) is 0 Å². The molecule has 1 heterocycles. The van der Waals surface area contributed by atoms with E-state index in [0.29, 0.717) is 13.0 Å². The first kappa shape index (κ1) is 12.4. The third-order valence-corrected chi connectivity index (χ3v) is 3.59. The van der Waals surface area contributed by atoms with Crippen LogP contribution in [0.3, 0.4) is 0 Å². The maximum atomic E-state index is 13.1. The van der Waals surface area contributed by atoms with E-state index >= 15 is 0 Å². The maximum Gasteiger partial charge on any atom is 0.152 e. The molecule has 0 spiro atoms. The SMILES string of the molecule is CC1(C)CCC(=O)CN1c1ccc(F)c(Cl)c1. The van der Waals surface area contributed by atoms with Gasteiger partial charge in [-0.2, -0.15) is 0 Å². The molecule has 0 unspecified atom stereocenters. The summed E-state index contributed by atoms with van der Waals surface area (Å²) in [6.45, 7) is 4.53. The van der Waals surface area contributed by atoms with Gasteiger partial charge in [-0.25, -0.2) is 4.39 Å². The molecule has 0 bridgehead atoms. The highest BCUT2D eigenvalue weighted by Gasteiger charge is 2.33. The quantitative estimate of drug-likeness (QED) is 0.766. The van der Waals surface area contributed by atoms with E-state index in [0.717, 1.165) is 12.1 Å². The van der Waals surface area contributed by atoms with Crippen LogP contribution in [-0.2, 0) is 4.79 Å². The standard InChI is InChI=1S/C13H15ClFNO/c1-13(2)6-5-10(17)8-16(13)9-3-4-12(15)11(14)7-9/h3-4,7H,5-6,8H2,1-2H3. The lowest BCUT2D eigenvalue weighted by Gasteiger charge is -2.43. The lowest BCUT2D eigenvalue weighted by Crippen LogP contribution is -2.51. The highest BCUT2D eigenvalue weighted by Crippen LogP contribution is 2.33. The molecule has 1 aliphatic heterocycles. The zero-order chi connectivity index (χ0) is 12.6. The molecule has 1 aliphatic rings. The Hall–Kier alpha value is -1.09. The Morgan fingerprint density at radius 2 is 2.12 bits per heavy atom.